The summed E-state index contributed by atoms with van der Waals surface area (Å²) in [5, 5.41) is 0.580. The lowest BCUT2D eigenvalue weighted by atomic mass is 10.2. The van der Waals surface area contributed by atoms with Crippen LogP contribution in [-0.4, -0.2) is 59.2 Å². The first-order chi connectivity index (χ1) is 16.9. The second-order valence-electron chi connectivity index (χ2n) is 8.32. The van der Waals surface area contributed by atoms with E-state index in [0.29, 0.717) is 55.5 Å². The van der Waals surface area contributed by atoms with Crippen molar-refractivity contribution in [3.8, 4) is 11.4 Å². The Morgan fingerprint density at radius 2 is 1.54 bits per heavy atom. The van der Waals surface area contributed by atoms with Crippen molar-refractivity contribution in [2.24, 2.45) is 0 Å². The number of aromatic nitrogens is 4. The minimum Gasteiger partial charge on any atom is -0.353 e. The van der Waals surface area contributed by atoms with Gasteiger partial charge in [0, 0.05) is 56.1 Å². The van der Waals surface area contributed by atoms with E-state index in [4.69, 9.17) is 26.6 Å². The molecule has 0 spiro atoms. The van der Waals surface area contributed by atoms with Gasteiger partial charge < -0.3 is 14.7 Å². The van der Waals surface area contributed by atoms with Crippen LogP contribution in [0, 0.1) is 0 Å². The molecule has 182 valence electrons. The van der Waals surface area contributed by atoms with E-state index in [1.54, 1.807) is 17.0 Å². The van der Waals surface area contributed by atoms with Gasteiger partial charge in [-0.25, -0.2) is 4.98 Å². The number of hydrogen-bond donors (Lipinski definition) is 0. The summed E-state index contributed by atoms with van der Waals surface area (Å²) in [6, 6.07) is 9.70. The zero-order chi connectivity index (χ0) is 24.4. The van der Waals surface area contributed by atoms with E-state index >= 15 is 0 Å². The van der Waals surface area contributed by atoms with Gasteiger partial charge in [-0.05, 0) is 30.7 Å². The summed E-state index contributed by atoms with van der Waals surface area (Å²) in [7, 11) is 0. The van der Waals surface area contributed by atoms with Crippen molar-refractivity contribution in [2.75, 3.05) is 54.0 Å². The van der Waals surface area contributed by atoms with Crippen LogP contribution in [0.25, 0.3) is 11.4 Å². The summed E-state index contributed by atoms with van der Waals surface area (Å²) in [6.07, 6.45) is 2.04. The molecule has 3 aromatic rings. The largest absolute Gasteiger partial charge is 0.419 e. The minimum absolute atomic E-state index is 0.0456. The maximum atomic E-state index is 13.5. The fourth-order valence-corrected chi connectivity index (χ4v) is 4.40. The van der Waals surface area contributed by atoms with Crippen molar-refractivity contribution in [2.45, 2.75) is 12.6 Å². The third-order valence-corrected chi connectivity index (χ3v) is 6.22. The number of piperazine rings is 1. The van der Waals surface area contributed by atoms with Crippen LogP contribution in [0.4, 0.5) is 30.9 Å². The van der Waals surface area contributed by atoms with Crippen molar-refractivity contribution >= 4 is 29.3 Å². The standard InChI is InChI=1S/C24H23ClF3N7/c25-18-7-4-6-17(16-18)20-30-22(34-10-2-1-3-11-34)32-23(31-20)35-14-12-33(13-15-35)21-19(24(26,27)28)8-5-9-29-21/h1-2,4-9,16H,3,10-15H2. The number of rotatable bonds is 4. The lowest BCUT2D eigenvalue weighted by Gasteiger charge is -2.36. The second kappa shape index (κ2) is 9.69. The molecule has 11 heteroatoms. The first-order valence-electron chi connectivity index (χ1n) is 11.3. The highest BCUT2D eigenvalue weighted by molar-refractivity contribution is 6.30. The molecule has 1 aromatic carbocycles. The maximum Gasteiger partial charge on any atom is 0.419 e. The number of nitrogens with zero attached hydrogens (tertiary/aromatic N) is 7. The van der Waals surface area contributed by atoms with Crippen LogP contribution in [0.15, 0.2) is 54.7 Å². The maximum absolute atomic E-state index is 13.5. The molecule has 0 atom stereocenters. The van der Waals surface area contributed by atoms with E-state index in [9.17, 15) is 13.2 Å². The number of pyridine rings is 1. The molecule has 35 heavy (non-hydrogen) atoms. The first-order valence-corrected chi connectivity index (χ1v) is 11.7. The van der Waals surface area contributed by atoms with Crippen molar-refractivity contribution < 1.29 is 13.2 Å². The minimum atomic E-state index is -4.46. The Kier molecular flexibility index (Phi) is 6.46. The van der Waals surface area contributed by atoms with Gasteiger partial charge in [0.05, 0.1) is 5.56 Å². The topological polar surface area (TPSA) is 61.3 Å². The van der Waals surface area contributed by atoms with E-state index in [-0.39, 0.29) is 5.82 Å². The Hall–Kier alpha value is -3.40. The van der Waals surface area contributed by atoms with Crippen LogP contribution in [0.2, 0.25) is 5.02 Å². The van der Waals surface area contributed by atoms with Crippen molar-refractivity contribution in [3.05, 3.63) is 65.3 Å². The molecule has 1 fully saturated rings. The van der Waals surface area contributed by atoms with Gasteiger partial charge in [-0.15, -0.1) is 0 Å². The van der Waals surface area contributed by atoms with Gasteiger partial charge in [0.1, 0.15) is 5.82 Å². The normalized spacial score (nSPS) is 16.6. The zero-order valence-electron chi connectivity index (χ0n) is 18.8. The van der Waals surface area contributed by atoms with E-state index in [1.807, 2.05) is 17.0 Å². The highest BCUT2D eigenvalue weighted by Crippen LogP contribution is 2.35. The molecule has 0 radical (unpaired) electrons. The highest BCUT2D eigenvalue weighted by Gasteiger charge is 2.36. The Morgan fingerprint density at radius 3 is 2.23 bits per heavy atom. The molecular weight excluding hydrogens is 479 g/mol. The summed E-state index contributed by atoms with van der Waals surface area (Å²) in [5.41, 5.74) is 0.0502. The van der Waals surface area contributed by atoms with Gasteiger partial charge in [-0.2, -0.15) is 28.1 Å². The average molecular weight is 502 g/mol. The first kappa shape index (κ1) is 23.3. The Morgan fingerprint density at radius 1 is 0.800 bits per heavy atom. The molecule has 4 heterocycles. The predicted molar refractivity (Wildman–Crippen MR) is 130 cm³/mol. The van der Waals surface area contributed by atoms with E-state index in [0.717, 1.165) is 24.6 Å². The zero-order valence-corrected chi connectivity index (χ0v) is 19.5. The summed E-state index contributed by atoms with van der Waals surface area (Å²) < 4.78 is 40.4. The van der Waals surface area contributed by atoms with Crippen LogP contribution in [0.1, 0.15) is 12.0 Å². The fourth-order valence-electron chi connectivity index (χ4n) is 4.20. The third-order valence-electron chi connectivity index (χ3n) is 5.99. The molecule has 2 aliphatic rings. The SMILES string of the molecule is FC(F)(F)c1cccnc1N1CCN(c2nc(-c3cccc(Cl)c3)nc(N3CC=CCC3)n2)CC1. The summed E-state index contributed by atoms with van der Waals surface area (Å²) in [4.78, 5) is 23.9. The summed E-state index contributed by atoms with van der Waals surface area (Å²) in [5.74, 6) is 1.53. The molecule has 2 aromatic heterocycles. The number of halogens is 4. The van der Waals surface area contributed by atoms with Crippen molar-refractivity contribution in [1.82, 2.24) is 19.9 Å². The lowest BCUT2D eigenvalue weighted by Crippen LogP contribution is -2.48. The molecule has 0 N–H and O–H groups in total. The van der Waals surface area contributed by atoms with Crippen LogP contribution in [0.3, 0.4) is 0 Å². The average Bonchev–Trinajstić information content (AvgIpc) is 2.88. The second-order valence-corrected chi connectivity index (χ2v) is 8.76. The fraction of sp³-hybridized carbons (Fsp3) is 0.333. The molecule has 5 rings (SSSR count). The van der Waals surface area contributed by atoms with Gasteiger partial charge in [0.15, 0.2) is 5.82 Å². The smallest absolute Gasteiger partial charge is 0.353 e. The van der Waals surface area contributed by atoms with Crippen LogP contribution in [0.5, 0.6) is 0 Å². The number of alkyl halides is 3. The number of benzene rings is 1. The predicted octanol–water partition coefficient (Wildman–Crippen LogP) is 4.70. The Labute approximate surface area is 205 Å². The molecule has 0 amide bonds. The number of hydrogen-bond acceptors (Lipinski definition) is 7. The monoisotopic (exact) mass is 501 g/mol. The van der Waals surface area contributed by atoms with Gasteiger partial charge in [0.2, 0.25) is 11.9 Å². The molecular formula is C24H23ClF3N7. The molecule has 0 unspecified atom stereocenters. The van der Waals surface area contributed by atoms with Crippen LogP contribution in [-0.2, 0) is 6.18 Å². The van der Waals surface area contributed by atoms with E-state index in [1.165, 1.54) is 12.3 Å². The Balaban J connectivity index is 1.42. The van der Waals surface area contributed by atoms with Gasteiger partial charge in [0.25, 0.3) is 0 Å². The summed E-state index contributed by atoms with van der Waals surface area (Å²) >= 11 is 6.20. The molecule has 7 nitrogen and oxygen atoms in total. The van der Waals surface area contributed by atoms with E-state index in [2.05, 4.69) is 22.0 Å². The quantitative estimate of drug-likeness (QED) is 0.480. The lowest BCUT2D eigenvalue weighted by molar-refractivity contribution is -0.137. The van der Waals surface area contributed by atoms with Gasteiger partial charge >= 0.3 is 6.18 Å². The van der Waals surface area contributed by atoms with E-state index < -0.39 is 11.7 Å². The van der Waals surface area contributed by atoms with Gasteiger partial charge in [-0.1, -0.05) is 35.9 Å². The number of anilines is 3. The van der Waals surface area contributed by atoms with Gasteiger partial charge in [-0.3, -0.25) is 0 Å². The highest BCUT2D eigenvalue weighted by atomic mass is 35.5. The Bertz CT molecular complexity index is 1230. The van der Waals surface area contributed by atoms with Crippen LogP contribution >= 0.6 is 11.6 Å². The molecule has 2 aliphatic heterocycles. The molecule has 1 saturated heterocycles. The molecule has 0 bridgehead atoms. The van der Waals surface area contributed by atoms with Crippen molar-refractivity contribution in [3.63, 3.8) is 0 Å². The third kappa shape index (κ3) is 5.17. The summed E-state index contributed by atoms with van der Waals surface area (Å²) in [6.45, 7) is 3.12. The van der Waals surface area contributed by atoms with Crippen LogP contribution < -0.4 is 14.7 Å². The molecule has 0 aliphatic carbocycles. The van der Waals surface area contributed by atoms with Crippen molar-refractivity contribution in [1.29, 1.82) is 0 Å². The molecule has 0 saturated carbocycles.